The number of hydrogen-bond donors (Lipinski definition) is 1. The molecule has 4 heteroatoms. The van der Waals surface area contributed by atoms with Crippen molar-refractivity contribution in [2.24, 2.45) is 0 Å². The highest BCUT2D eigenvalue weighted by atomic mass is 16.3. The third-order valence-electron chi connectivity index (χ3n) is 3.48. The SMILES string of the molecule is CCn1cc(CC(O)c2ccnc3ccccc23)cn1. The number of fused-ring (bicyclic) bond motifs is 1. The Hall–Kier alpha value is -2.20. The molecule has 20 heavy (non-hydrogen) atoms. The van der Waals surface area contributed by atoms with Crippen molar-refractivity contribution in [1.29, 1.82) is 0 Å². The number of pyridine rings is 1. The molecule has 2 heterocycles. The summed E-state index contributed by atoms with van der Waals surface area (Å²) in [4.78, 5) is 4.32. The lowest BCUT2D eigenvalue weighted by Crippen LogP contribution is -2.02. The smallest absolute Gasteiger partial charge is 0.0838 e. The first kappa shape index (κ1) is 12.8. The monoisotopic (exact) mass is 267 g/mol. The first-order valence-corrected chi connectivity index (χ1v) is 6.81. The topological polar surface area (TPSA) is 50.9 Å². The van der Waals surface area contributed by atoms with Crippen molar-refractivity contribution in [2.45, 2.75) is 26.0 Å². The quantitative estimate of drug-likeness (QED) is 0.790. The summed E-state index contributed by atoms with van der Waals surface area (Å²) in [6, 6.07) is 9.76. The Morgan fingerprint density at radius 1 is 1.25 bits per heavy atom. The Kier molecular flexibility index (Phi) is 3.48. The van der Waals surface area contributed by atoms with Gasteiger partial charge in [-0.25, -0.2) is 0 Å². The van der Waals surface area contributed by atoms with E-state index in [0.29, 0.717) is 6.42 Å². The second-order valence-electron chi connectivity index (χ2n) is 4.84. The first-order chi connectivity index (χ1) is 9.78. The van der Waals surface area contributed by atoms with E-state index in [0.717, 1.165) is 28.6 Å². The number of aliphatic hydroxyl groups is 1. The van der Waals surface area contributed by atoms with Gasteiger partial charge in [0.2, 0.25) is 0 Å². The molecule has 0 aliphatic rings. The maximum absolute atomic E-state index is 10.5. The molecule has 0 spiro atoms. The molecule has 0 fully saturated rings. The zero-order valence-electron chi connectivity index (χ0n) is 11.4. The van der Waals surface area contributed by atoms with Crippen LogP contribution >= 0.6 is 0 Å². The van der Waals surface area contributed by atoms with Gasteiger partial charge in [0.25, 0.3) is 0 Å². The normalized spacial score (nSPS) is 12.7. The molecule has 0 bridgehead atoms. The van der Waals surface area contributed by atoms with Crippen LogP contribution in [0, 0.1) is 0 Å². The van der Waals surface area contributed by atoms with Crippen LogP contribution in [0.25, 0.3) is 10.9 Å². The van der Waals surface area contributed by atoms with Crippen molar-refractivity contribution >= 4 is 10.9 Å². The number of aliphatic hydroxyl groups excluding tert-OH is 1. The van der Waals surface area contributed by atoms with Gasteiger partial charge in [-0.3, -0.25) is 9.67 Å². The van der Waals surface area contributed by atoms with Gasteiger partial charge in [-0.2, -0.15) is 5.10 Å². The molecule has 1 N–H and O–H groups in total. The van der Waals surface area contributed by atoms with Crippen molar-refractivity contribution in [2.75, 3.05) is 0 Å². The van der Waals surface area contributed by atoms with Crippen molar-refractivity contribution in [3.05, 3.63) is 60.0 Å². The Morgan fingerprint density at radius 2 is 2.10 bits per heavy atom. The molecule has 0 amide bonds. The Morgan fingerprint density at radius 3 is 2.90 bits per heavy atom. The summed E-state index contributed by atoms with van der Waals surface area (Å²) in [5.41, 5.74) is 2.87. The third-order valence-corrected chi connectivity index (χ3v) is 3.48. The van der Waals surface area contributed by atoms with Gasteiger partial charge in [0.15, 0.2) is 0 Å². The molecule has 0 aliphatic heterocycles. The summed E-state index contributed by atoms with van der Waals surface area (Å²) in [7, 11) is 0. The van der Waals surface area contributed by atoms with Crippen molar-refractivity contribution in [1.82, 2.24) is 14.8 Å². The molecular formula is C16H17N3O. The maximum atomic E-state index is 10.5. The van der Waals surface area contributed by atoms with Crippen molar-refractivity contribution in [3.63, 3.8) is 0 Å². The lowest BCUT2D eigenvalue weighted by molar-refractivity contribution is 0.180. The lowest BCUT2D eigenvalue weighted by Gasteiger charge is -2.12. The van der Waals surface area contributed by atoms with Crippen LogP contribution in [0.1, 0.15) is 24.2 Å². The van der Waals surface area contributed by atoms with Crippen LogP contribution in [0.15, 0.2) is 48.9 Å². The second kappa shape index (κ2) is 5.43. The van der Waals surface area contributed by atoms with E-state index in [1.54, 1.807) is 6.20 Å². The Bertz CT molecular complexity index is 715. The largest absolute Gasteiger partial charge is 0.388 e. The molecular weight excluding hydrogens is 250 g/mol. The summed E-state index contributed by atoms with van der Waals surface area (Å²) < 4.78 is 1.87. The van der Waals surface area contributed by atoms with Crippen LogP contribution in [0.3, 0.4) is 0 Å². The van der Waals surface area contributed by atoms with Gasteiger partial charge in [0.1, 0.15) is 0 Å². The molecule has 0 saturated carbocycles. The lowest BCUT2D eigenvalue weighted by atomic mass is 10.00. The van der Waals surface area contributed by atoms with Crippen LogP contribution < -0.4 is 0 Å². The van der Waals surface area contributed by atoms with E-state index >= 15 is 0 Å². The molecule has 0 aliphatic carbocycles. The van der Waals surface area contributed by atoms with E-state index in [-0.39, 0.29) is 0 Å². The van der Waals surface area contributed by atoms with Gasteiger partial charge in [0.05, 0.1) is 17.8 Å². The van der Waals surface area contributed by atoms with Crippen molar-refractivity contribution < 1.29 is 5.11 Å². The standard InChI is InChI=1S/C16H17N3O/c1-2-19-11-12(10-18-19)9-16(20)14-7-8-17-15-6-4-3-5-13(14)15/h3-8,10-11,16,20H,2,9H2,1H3. The van der Waals surface area contributed by atoms with E-state index in [9.17, 15) is 5.11 Å². The van der Waals surface area contributed by atoms with Gasteiger partial charge in [-0.05, 0) is 30.2 Å². The van der Waals surface area contributed by atoms with Crippen LogP contribution in [0.5, 0.6) is 0 Å². The third kappa shape index (κ3) is 2.42. The Balaban J connectivity index is 1.90. The zero-order valence-corrected chi connectivity index (χ0v) is 11.4. The molecule has 2 aromatic heterocycles. The molecule has 3 aromatic rings. The van der Waals surface area contributed by atoms with E-state index in [2.05, 4.69) is 10.1 Å². The predicted molar refractivity (Wildman–Crippen MR) is 78.3 cm³/mol. The summed E-state index contributed by atoms with van der Waals surface area (Å²) in [6.45, 7) is 2.89. The minimum atomic E-state index is -0.544. The number of benzene rings is 1. The zero-order chi connectivity index (χ0) is 13.9. The molecule has 3 rings (SSSR count). The first-order valence-electron chi connectivity index (χ1n) is 6.81. The molecule has 4 nitrogen and oxygen atoms in total. The van der Waals surface area contributed by atoms with Gasteiger partial charge >= 0.3 is 0 Å². The van der Waals surface area contributed by atoms with Gasteiger partial charge in [0, 0.05) is 30.7 Å². The highest BCUT2D eigenvalue weighted by molar-refractivity contribution is 5.82. The second-order valence-corrected chi connectivity index (χ2v) is 4.84. The molecule has 0 radical (unpaired) electrons. The number of aryl methyl sites for hydroxylation is 1. The van der Waals surface area contributed by atoms with Crippen LogP contribution in [-0.4, -0.2) is 19.9 Å². The van der Waals surface area contributed by atoms with Crippen molar-refractivity contribution in [3.8, 4) is 0 Å². The van der Waals surface area contributed by atoms with Gasteiger partial charge in [-0.1, -0.05) is 18.2 Å². The predicted octanol–water partition coefficient (Wildman–Crippen LogP) is 2.73. The van der Waals surface area contributed by atoms with E-state index in [1.165, 1.54) is 0 Å². The summed E-state index contributed by atoms with van der Waals surface area (Å²) in [6.07, 6.45) is 5.56. The van der Waals surface area contributed by atoms with Gasteiger partial charge in [-0.15, -0.1) is 0 Å². The van der Waals surface area contributed by atoms with Gasteiger partial charge < -0.3 is 5.11 Å². The maximum Gasteiger partial charge on any atom is 0.0838 e. The molecule has 102 valence electrons. The van der Waals surface area contributed by atoms with Crippen LogP contribution in [0.4, 0.5) is 0 Å². The minimum Gasteiger partial charge on any atom is -0.388 e. The Labute approximate surface area is 117 Å². The summed E-state index contributed by atoms with van der Waals surface area (Å²) >= 11 is 0. The average Bonchev–Trinajstić information content (AvgIpc) is 2.94. The van der Waals surface area contributed by atoms with E-state index in [4.69, 9.17) is 0 Å². The van der Waals surface area contributed by atoms with E-state index < -0.39 is 6.10 Å². The minimum absolute atomic E-state index is 0.544. The fraction of sp³-hybridized carbons (Fsp3) is 0.250. The van der Waals surface area contributed by atoms with Crippen LogP contribution in [-0.2, 0) is 13.0 Å². The summed E-state index contributed by atoms with van der Waals surface area (Å²) in [5, 5.41) is 15.7. The van der Waals surface area contributed by atoms with E-state index in [1.807, 2.05) is 54.3 Å². The van der Waals surface area contributed by atoms with Crippen LogP contribution in [0.2, 0.25) is 0 Å². The fourth-order valence-electron chi connectivity index (χ4n) is 2.43. The summed E-state index contributed by atoms with van der Waals surface area (Å²) in [5.74, 6) is 0. The molecule has 1 unspecified atom stereocenters. The molecule has 0 saturated heterocycles. The number of para-hydroxylation sites is 1. The number of aromatic nitrogens is 3. The fourth-order valence-corrected chi connectivity index (χ4v) is 2.43. The highest BCUT2D eigenvalue weighted by Crippen LogP contribution is 2.25. The number of hydrogen-bond acceptors (Lipinski definition) is 3. The average molecular weight is 267 g/mol. The molecule has 1 atom stereocenters. The molecule has 1 aromatic carbocycles. The highest BCUT2D eigenvalue weighted by Gasteiger charge is 2.13. The number of nitrogens with zero attached hydrogens (tertiary/aromatic N) is 3. The number of rotatable bonds is 4.